The van der Waals surface area contributed by atoms with E-state index in [4.69, 9.17) is 4.42 Å². The molecule has 1 aromatic carbocycles. The molecule has 0 saturated heterocycles. The topological polar surface area (TPSA) is 53.7 Å². The fourth-order valence-electron chi connectivity index (χ4n) is 2.46. The average molecular weight is 257 g/mol. The van der Waals surface area contributed by atoms with Gasteiger partial charge in [0.05, 0.1) is 12.7 Å². The number of hydrogen-bond acceptors (Lipinski definition) is 3. The SMILES string of the molecule is Cc1cc(C(O)c2ccc3c(c2)CC(=O)N3C)co1. The number of likely N-dealkylation sites (N-methyl/N-ethyl adjacent to an activating group) is 1. The zero-order valence-corrected chi connectivity index (χ0v) is 10.9. The highest BCUT2D eigenvalue weighted by Crippen LogP contribution is 2.32. The molecule has 1 unspecified atom stereocenters. The monoisotopic (exact) mass is 257 g/mol. The molecule has 19 heavy (non-hydrogen) atoms. The number of furan rings is 1. The molecule has 98 valence electrons. The average Bonchev–Trinajstić information content (AvgIpc) is 2.94. The van der Waals surface area contributed by atoms with Gasteiger partial charge in [0.2, 0.25) is 5.91 Å². The van der Waals surface area contributed by atoms with Gasteiger partial charge in [0.1, 0.15) is 11.9 Å². The van der Waals surface area contributed by atoms with E-state index in [9.17, 15) is 9.90 Å². The van der Waals surface area contributed by atoms with Gasteiger partial charge in [-0.3, -0.25) is 4.79 Å². The molecule has 2 aromatic rings. The molecule has 0 bridgehead atoms. The van der Waals surface area contributed by atoms with E-state index in [0.717, 1.165) is 28.1 Å². The van der Waals surface area contributed by atoms with Crippen molar-refractivity contribution in [3.63, 3.8) is 0 Å². The van der Waals surface area contributed by atoms with Crippen LogP contribution < -0.4 is 4.90 Å². The molecule has 0 radical (unpaired) electrons. The van der Waals surface area contributed by atoms with Crippen LogP contribution in [-0.4, -0.2) is 18.1 Å². The van der Waals surface area contributed by atoms with Crippen LogP contribution in [0.4, 0.5) is 5.69 Å². The number of nitrogens with zero attached hydrogens (tertiary/aromatic N) is 1. The smallest absolute Gasteiger partial charge is 0.231 e. The number of benzene rings is 1. The van der Waals surface area contributed by atoms with Crippen LogP contribution in [0.25, 0.3) is 0 Å². The van der Waals surface area contributed by atoms with Crippen LogP contribution in [0.15, 0.2) is 34.9 Å². The van der Waals surface area contributed by atoms with Crippen LogP contribution in [0.1, 0.15) is 28.6 Å². The van der Waals surface area contributed by atoms with Crippen LogP contribution in [0.2, 0.25) is 0 Å². The lowest BCUT2D eigenvalue weighted by Gasteiger charge is -2.13. The van der Waals surface area contributed by atoms with Crippen molar-refractivity contribution in [3.05, 3.63) is 53.0 Å². The van der Waals surface area contributed by atoms with Crippen molar-refractivity contribution in [3.8, 4) is 0 Å². The van der Waals surface area contributed by atoms with E-state index in [2.05, 4.69) is 0 Å². The third kappa shape index (κ3) is 1.94. The molecule has 3 rings (SSSR count). The molecule has 0 saturated carbocycles. The van der Waals surface area contributed by atoms with Gasteiger partial charge in [-0.1, -0.05) is 12.1 Å². The molecule has 1 aliphatic rings. The van der Waals surface area contributed by atoms with Gasteiger partial charge in [-0.25, -0.2) is 0 Å². The Morgan fingerprint density at radius 2 is 2.11 bits per heavy atom. The van der Waals surface area contributed by atoms with Crippen molar-refractivity contribution in [1.29, 1.82) is 0 Å². The predicted octanol–water partition coefficient (Wildman–Crippen LogP) is 2.19. The highest BCUT2D eigenvalue weighted by atomic mass is 16.3. The van der Waals surface area contributed by atoms with Crippen molar-refractivity contribution in [2.24, 2.45) is 0 Å². The van der Waals surface area contributed by atoms with E-state index in [1.54, 1.807) is 18.2 Å². The minimum absolute atomic E-state index is 0.0841. The molecular formula is C15H15NO3. The number of aryl methyl sites for hydroxylation is 1. The number of anilines is 1. The van der Waals surface area contributed by atoms with E-state index in [1.165, 1.54) is 0 Å². The Hall–Kier alpha value is -2.07. The van der Waals surface area contributed by atoms with Gasteiger partial charge in [-0.2, -0.15) is 0 Å². The predicted molar refractivity (Wildman–Crippen MR) is 71.1 cm³/mol. The Morgan fingerprint density at radius 3 is 2.79 bits per heavy atom. The summed E-state index contributed by atoms with van der Waals surface area (Å²) < 4.78 is 5.21. The standard InChI is InChI=1S/C15H15NO3/c1-9-5-12(8-19-9)15(18)10-3-4-13-11(6-10)7-14(17)16(13)2/h3-6,8,15,18H,7H2,1-2H3. The Labute approximate surface area is 111 Å². The highest BCUT2D eigenvalue weighted by molar-refractivity contribution is 6.00. The first-order valence-electron chi connectivity index (χ1n) is 6.19. The molecule has 1 aliphatic heterocycles. The molecule has 2 heterocycles. The summed E-state index contributed by atoms with van der Waals surface area (Å²) in [5, 5.41) is 10.3. The van der Waals surface area contributed by atoms with Gasteiger partial charge in [0.15, 0.2) is 0 Å². The molecule has 4 nitrogen and oxygen atoms in total. The van der Waals surface area contributed by atoms with Crippen molar-refractivity contribution in [2.75, 3.05) is 11.9 Å². The van der Waals surface area contributed by atoms with Gasteiger partial charge in [0, 0.05) is 18.3 Å². The van der Waals surface area contributed by atoms with Gasteiger partial charge >= 0.3 is 0 Å². The van der Waals surface area contributed by atoms with Gasteiger partial charge in [0.25, 0.3) is 0 Å². The second kappa shape index (κ2) is 4.24. The summed E-state index contributed by atoms with van der Waals surface area (Å²) in [7, 11) is 1.77. The molecular weight excluding hydrogens is 242 g/mol. The van der Waals surface area contributed by atoms with E-state index in [-0.39, 0.29) is 5.91 Å². The molecule has 0 fully saturated rings. The Kier molecular flexibility index (Phi) is 2.68. The minimum atomic E-state index is -0.719. The van der Waals surface area contributed by atoms with Crippen molar-refractivity contribution in [1.82, 2.24) is 0 Å². The molecule has 1 aromatic heterocycles. The zero-order chi connectivity index (χ0) is 13.6. The van der Waals surface area contributed by atoms with Crippen LogP contribution in [0.5, 0.6) is 0 Å². The highest BCUT2D eigenvalue weighted by Gasteiger charge is 2.25. The maximum absolute atomic E-state index is 11.6. The summed E-state index contributed by atoms with van der Waals surface area (Å²) in [6.45, 7) is 1.84. The van der Waals surface area contributed by atoms with Crippen LogP contribution in [0.3, 0.4) is 0 Å². The molecule has 1 N–H and O–H groups in total. The summed E-state index contributed by atoms with van der Waals surface area (Å²) in [6.07, 6.45) is 1.24. The zero-order valence-electron chi connectivity index (χ0n) is 10.9. The first-order valence-corrected chi connectivity index (χ1v) is 6.19. The largest absolute Gasteiger partial charge is 0.469 e. The summed E-state index contributed by atoms with van der Waals surface area (Å²) in [6, 6.07) is 7.44. The van der Waals surface area contributed by atoms with Crippen molar-refractivity contribution >= 4 is 11.6 Å². The number of carbonyl (C=O) groups is 1. The number of hydrogen-bond donors (Lipinski definition) is 1. The van der Waals surface area contributed by atoms with Crippen molar-refractivity contribution < 1.29 is 14.3 Å². The van der Waals surface area contributed by atoms with Gasteiger partial charge in [-0.15, -0.1) is 0 Å². The number of rotatable bonds is 2. The lowest BCUT2D eigenvalue weighted by molar-refractivity contribution is -0.117. The maximum Gasteiger partial charge on any atom is 0.231 e. The third-order valence-corrected chi connectivity index (χ3v) is 3.56. The second-order valence-electron chi connectivity index (χ2n) is 4.91. The van der Waals surface area contributed by atoms with Gasteiger partial charge < -0.3 is 14.4 Å². The molecule has 0 spiro atoms. The number of aliphatic hydroxyl groups is 1. The normalized spacial score (nSPS) is 15.7. The maximum atomic E-state index is 11.6. The van der Waals surface area contributed by atoms with Crippen LogP contribution in [0, 0.1) is 6.92 Å². The summed E-state index contributed by atoms with van der Waals surface area (Å²) >= 11 is 0. The minimum Gasteiger partial charge on any atom is -0.469 e. The second-order valence-corrected chi connectivity index (χ2v) is 4.91. The van der Waals surface area contributed by atoms with Crippen LogP contribution in [-0.2, 0) is 11.2 Å². The van der Waals surface area contributed by atoms with Gasteiger partial charge in [-0.05, 0) is 30.2 Å². The van der Waals surface area contributed by atoms with E-state index < -0.39 is 6.10 Å². The summed E-state index contributed by atoms with van der Waals surface area (Å²) in [4.78, 5) is 13.3. The van der Waals surface area contributed by atoms with Crippen LogP contribution >= 0.6 is 0 Å². The lowest BCUT2D eigenvalue weighted by Crippen LogP contribution is -2.20. The number of aliphatic hydroxyl groups excluding tert-OH is 1. The van der Waals surface area contributed by atoms with E-state index in [1.807, 2.05) is 31.2 Å². The molecule has 4 heteroatoms. The molecule has 1 atom stereocenters. The van der Waals surface area contributed by atoms with Crippen molar-refractivity contribution in [2.45, 2.75) is 19.4 Å². The van der Waals surface area contributed by atoms with E-state index >= 15 is 0 Å². The Morgan fingerprint density at radius 1 is 1.32 bits per heavy atom. The number of amides is 1. The lowest BCUT2D eigenvalue weighted by atomic mass is 10.0. The number of fused-ring (bicyclic) bond motifs is 1. The summed E-state index contributed by atoms with van der Waals surface area (Å²) in [5.74, 6) is 0.853. The summed E-state index contributed by atoms with van der Waals surface area (Å²) in [5.41, 5.74) is 3.39. The molecule has 0 aliphatic carbocycles. The number of carbonyl (C=O) groups excluding carboxylic acids is 1. The Balaban J connectivity index is 1.95. The molecule has 1 amide bonds. The third-order valence-electron chi connectivity index (χ3n) is 3.56. The fraction of sp³-hybridized carbons (Fsp3) is 0.267. The van der Waals surface area contributed by atoms with E-state index in [0.29, 0.717) is 6.42 Å². The first kappa shape index (κ1) is 12.0. The Bertz CT molecular complexity index is 645. The quantitative estimate of drug-likeness (QED) is 0.897. The first-order chi connectivity index (χ1) is 9.06. The fourth-order valence-corrected chi connectivity index (χ4v) is 2.46.